The highest BCUT2D eigenvalue weighted by atomic mass is 35.5. The molecule has 0 aliphatic heterocycles. The van der Waals surface area contributed by atoms with Crippen molar-refractivity contribution >= 4 is 29.1 Å². The largest absolute Gasteiger partial charge is 0.353 e. The first kappa shape index (κ1) is 16.3. The molecule has 1 unspecified atom stereocenters. The Morgan fingerprint density at radius 1 is 1.16 bits per heavy atom. The molecule has 1 amide bonds. The number of carbonyl (C=O) groups is 1. The second kappa shape index (κ2) is 7.76. The van der Waals surface area contributed by atoms with Crippen molar-refractivity contribution in [1.82, 2.24) is 5.32 Å². The fourth-order valence-electron chi connectivity index (χ4n) is 1.84. The molecule has 1 aromatic rings. The van der Waals surface area contributed by atoms with Gasteiger partial charge >= 0.3 is 0 Å². The van der Waals surface area contributed by atoms with E-state index < -0.39 is 0 Å². The van der Waals surface area contributed by atoms with Crippen molar-refractivity contribution in [3.05, 3.63) is 33.8 Å². The fraction of sp³-hybridized carbons (Fsp3) is 0.533. The molecule has 1 rings (SSSR count). The zero-order valence-electron chi connectivity index (χ0n) is 11.7. The summed E-state index contributed by atoms with van der Waals surface area (Å²) in [6.45, 7) is 6.38. The summed E-state index contributed by atoms with van der Waals surface area (Å²) in [5.74, 6) is 0.614. The predicted octanol–water partition coefficient (Wildman–Crippen LogP) is 4.48. The van der Waals surface area contributed by atoms with Crippen LogP contribution in [0.2, 0.25) is 10.0 Å². The Balaban J connectivity index is 2.51. The zero-order valence-corrected chi connectivity index (χ0v) is 13.2. The van der Waals surface area contributed by atoms with Crippen LogP contribution in [0.4, 0.5) is 0 Å². The summed E-state index contributed by atoms with van der Waals surface area (Å²) in [4.78, 5) is 11.9. The topological polar surface area (TPSA) is 29.1 Å². The summed E-state index contributed by atoms with van der Waals surface area (Å²) in [5, 5.41) is 4.06. The van der Waals surface area contributed by atoms with Gasteiger partial charge in [-0.15, -0.1) is 0 Å². The van der Waals surface area contributed by atoms with E-state index in [-0.39, 0.29) is 18.4 Å². The lowest BCUT2D eigenvalue weighted by molar-refractivity contribution is -0.121. The second-order valence-electron chi connectivity index (χ2n) is 5.32. The van der Waals surface area contributed by atoms with Crippen molar-refractivity contribution in [2.75, 3.05) is 0 Å². The highest BCUT2D eigenvalue weighted by Crippen LogP contribution is 2.24. The Hall–Kier alpha value is -0.730. The Bertz CT molecular complexity index is 412. The van der Waals surface area contributed by atoms with Gasteiger partial charge in [0.25, 0.3) is 0 Å². The molecule has 0 saturated heterocycles. The van der Waals surface area contributed by atoms with E-state index in [1.165, 1.54) is 0 Å². The molecule has 0 heterocycles. The Morgan fingerprint density at radius 2 is 1.74 bits per heavy atom. The van der Waals surface area contributed by atoms with Gasteiger partial charge in [-0.1, -0.05) is 43.1 Å². The molecule has 2 nitrogen and oxygen atoms in total. The third-order valence-electron chi connectivity index (χ3n) is 2.98. The van der Waals surface area contributed by atoms with Gasteiger partial charge in [0.1, 0.15) is 0 Å². The normalized spacial score (nSPS) is 12.5. The van der Waals surface area contributed by atoms with E-state index in [1.807, 2.05) is 6.92 Å². The Kier molecular flexibility index (Phi) is 6.67. The monoisotopic (exact) mass is 301 g/mol. The number of carbonyl (C=O) groups excluding carboxylic acids is 1. The van der Waals surface area contributed by atoms with Gasteiger partial charge < -0.3 is 5.32 Å². The van der Waals surface area contributed by atoms with E-state index in [9.17, 15) is 4.79 Å². The van der Waals surface area contributed by atoms with E-state index in [1.54, 1.807) is 18.2 Å². The van der Waals surface area contributed by atoms with Gasteiger partial charge in [0.15, 0.2) is 0 Å². The van der Waals surface area contributed by atoms with Crippen LogP contribution in [0.25, 0.3) is 0 Å². The molecule has 0 fully saturated rings. The zero-order chi connectivity index (χ0) is 14.4. The summed E-state index contributed by atoms with van der Waals surface area (Å²) in [5.41, 5.74) is 0.694. The smallest absolute Gasteiger partial charge is 0.224 e. The number of nitrogens with one attached hydrogen (secondary N) is 1. The molecule has 1 aromatic carbocycles. The van der Waals surface area contributed by atoms with Crippen LogP contribution in [0.15, 0.2) is 18.2 Å². The fourth-order valence-corrected chi connectivity index (χ4v) is 2.37. The van der Waals surface area contributed by atoms with Gasteiger partial charge in [0, 0.05) is 16.1 Å². The molecule has 1 atom stereocenters. The molecule has 4 heteroatoms. The van der Waals surface area contributed by atoms with Gasteiger partial charge in [-0.25, -0.2) is 0 Å². The third kappa shape index (κ3) is 5.84. The maximum absolute atomic E-state index is 11.9. The number of rotatable bonds is 6. The van der Waals surface area contributed by atoms with Crippen LogP contribution in [0.3, 0.4) is 0 Å². The van der Waals surface area contributed by atoms with E-state index >= 15 is 0 Å². The average Bonchev–Trinajstić information content (AvgIpc) is 2.31. The summed E-state index contributed by atoms with van der Waals surface area (Å²) in [6, 6.07) is 5.45. The van der Waals surface area contributed by atoms with Crippen molar-refractivity contribution in [2.45, 2.75) is 46.1 Å². The SMILES string of the molecule is CC(C)CCC(C)NC(=O)Cc1c(Cl)cccc1Cl. The lowest BCUT2D eigenvalue weighted by Crippen LogP contribution is -2.34. The molecule has 0 spiro atoms. The maximum Gasteiger partial charge on any atom is 0.224 e. The first-order valence-corrected chi connectivity index (χ1v) is 7.38. The molecule has 0 aliphatic carbocycles. The molecule has 0 radical (unpaired) electrons. The maximum atomic E-state index is 11.9. The Labute approximate surface area is 125 Å². The first-order chi connectivity index (χ1) is 8.90. The van der Waals surface area contributed by atoms with Crippen molar-refractivity contribution in [3.8, 4) is 0 Å². The second-order valence-corrected chi connectivity index (χ2v) is 6.13. The van der Waals surface area contributed by atoms with Gasteiger partial charge in [0.05, 0.1) is 6.42 Å². The van der Waals surface area contributed by atoms with E-state index in [0.717, 1.165) is 12.8 Å². The van der Waals surface area contributed by atoms with Crippen LogP contribution >= 0.6 is 23.2 Å². The van der Waals surface area contributed by atoms with Crippen LogP contribution in [0.5, 0.6) is 0 Å². The lowest BCUT2D eigenvalue weighted by Gasteiger charge is -2.15. The molecule has 106 valence electrons. The number of amides is 1. The molecule has 0 saturated carbocycles. The van der Waals surface area contributed by atoms with Crippen LogP contribution in [0.1, 0.15) is 39.2 Å². The molecule has 1 N–H and O–H groups in total. The minimum absolute atomic E-state index is 0.0359. The molecular formula is C15H21Cl2NO. The molecule has 0 aliphatic rings. The number of halogens is 2. The number of benzene rings is 1. The van der Waals surface area contributed by atoms with Crippen molar-refractivity contribution in [1.29, 1.82) is 0 Å². The Morgan fingerprint density at radius 3 is 2.26 bits per heavy atom. The van der Waals surface area contributed by atoms with Gasteiger partial charge in [-0.2, -0.15) is 0 Å². The molecule has 0 aromatic heterocycles. The number of hydrogen-bond donors (Lipinski definition) is 1. The first-order valence-electron chi connectivity index (χ1n) is 6.62. The van der Waals surface area contributed by atoms with E-state index in [2.05, 4.69) is 19.2 Å². The van der Waals surface area contributed by atoms with Gasteiger partial charge in [-0.3, -0.25) is 4.79 Å². The van der Waals surface area contributed by atoms with Crippen LogP contribution in [-0.4, -0.2) is 11.9 Å². The predicted molar refractivity (Wildman–Crippen MR) is 81.8 cm³/mol. The summed E-state index contributed by atoms with van der Waals surface area (Å²) in [7, 11) is 0. The molecule has 19 heavy (non-hydrogen) atoms. The summed E-state index contributed by atoms with van der Waals surface area (Å²) in [6.07, 6.45) is 2.32. The summed E-state index contributed by atoms with van der Waals surface area (Å²) < 4.78 is 0. The van der Waals surface area contributed by atoms with E-state index in [0.29, 0.717) is 21.5 Å². The average molecular weight is 302 g/mol. The van der Waals surface area contributed by atoms with Crippen LogP contribution in [0, 0.1) is 5.92 Å². The number of hydrogen-bond acceptors (Lipinski definition) is 1. The van der Waals surface area contributed by atoms with E-state index in [4.69, 9.17) is 23.2 Å². The minimum atomic E-state index is -0.0359. The van der Waals surface area contributed by atoms with Gasteiger partial charge in [-0.05, 0) is 43.4 Å². The highest BCUT2D eigenvalue weighted by molar-refractivity contribution is 6.36. The minimum Gasteiger partial charge on any atom is -0.353 e. The van der Waals surface area contributed by atoms with Crippen LogP contribution in [-0.2, 0) is 11.2 Å². The molecular weight excluding hydrogens is 281 g/mol. The van der Waals surface area contributed by atoms with Crippen molar-refractivity contribution in [3.63, 3.8) is 0 Å². The van der Waals surface area contributed by atoms with Crippen molar-refractivity contribution < 1.29 is 4.79 Å². The third-order valence-corrected chi connectivity index (χ3v) is 3.69. The van der Waals surface area contributed by atoms with Crippen LogP contribution < -0.4 is 5.32 Å². The highest BCUT2D eigenvalue weighted by Gasteiger charge is 2.13. The quantitative estimate of drug-likeness (QED) is 0.825. The summed E-state index contributed by atoms with van der Waals surface area (Å²) >= 11 is 12.1. The van der Waals surface area contributed by atoms with Gasteiger partial charge in [0.2, 0.25) is 5.91 Å². The standard InChI is InChI=1S/C15H21Cl2NO/c1-10(2)7-8-11(3)18-15(19)9-12-13(16)5-4-6-14(12)17/h4-6,10-11H,7-9H2,1-3H3,(H,18,19). The molecule has 0 bridgehead atoms. The van der Waals surface area contributed by atoms with Crippen molar-refractivity contribution in [2.24, 2.45) is 5.92 Å². The lowest BCUT2D eigenvalue weighted by atomic mass is 10.0.